The number of carbonyl (C=O) groups excluding carboxylic acids is 1. The van der Waals surface area contributed by atoms with Crippen LogP contribution >= 0.6 is 0 Å². The van der Waals surface area contributed by atoms with Gasteiger partial charge in [-0.1, -0.05) is 245 Å². The largest absolute Gasteiger partial charge is 0.394 e. The number of amides is 1. The lowest BCUT2D eigenvalue weighted by molar-refractivity contribution is -0.359. The normalized spacial score (nSPS) is 25.7. The van der Waals surface area contributed by atoms with Crippen LogP contribution in [0.15, 0.2) is 0 Å². The molecule has 1 amide bonds. The van der Waals surface area contributed by atoms with Crippen molar-refractivity contribution in [3.05, 3.63) is 0 Å². The fourth-order valence-corrected chi connectivity index (χ4v) is 10.2. The lowest BCUT2D eigenvalue weighted by atomic mass is 9.97. The van der Waals surface area contributed by atoms with E-state index >= 15 is 0 Å². The average molecular weight is 1020 g/mol. The number of rotatable bonds is 48. The van der Waals surface area contributed by atoms with Gasteiger partial charge in [-0.3, -0.25) is 4.79 Å². The molecule has 9 N–H and O–H groups in total. The third kappa shape index (κ3) is 30.4. The van der Waals surface area contributed by atoms with Gasteiger partial charge in [0.2, 0.25) is 5.91 Å². The van der Waals surface area contributed by atoms with Crippen LogP contribution < -0.4 is 5.32 Å². The quantitative estimate of drug-likeness (QED) is 0.0259. The molecule has 0 aromatic heterocycles. The first-order valence-electron chi connectivity index (χ1n) is 29.8. The Labute approximate surface area is 432 Å². The maximum absolute atomic E-state index is 13.3. The zero-order valence-corrected chi connectivity index (χ0v) is 45.2. The van der Waals surface area contributed by atoms with E-state index in [0.29, 0.717) is 12.8 Å². The van der Waals surface area contributed by atoms with Crippen molar-refractivity contribution in [1.29, 1.82) is 0 Å². The molecule has 2 heterocycles. The van der Waals surface area contributed by atoms with E-state index in [0.717, 1.165) is 51.4 Å². The molecule has 2 saturated heterocycles. The third-order valence-electron chi connectivity index (χ3n) is 15.1. The van der Waals surface area contributed by atoms with Gasteiger partial charge in [0.1, 0.15) is 48.8 Å². The number of aliphatic hydroxyl groups is 8. The smallest absolute Gasteiger partial charge is 0.220 e. The Kier molecular flexibility index (Phi) is 41.1. The molecule has 422 valence electrons. The molecule has 14 heteroatoms. The summed E-state index contributed by atoms with van der Waals surface area (Å²) in [5, 5.41) is 87.2. The van der Waals surface area contributed by atoms with Crippen molar-refractivity contribution in [3.8, 4) is 0 Å². The predicted octanol–water partition coefficient (Wildman–Crippen LogP) is 9.73. The van der Waals surface area contributed by atoms with Crippen LogP contribution in [0.2, 0.25) is 0 Å². The van der Waals surface area contributed by atoms with Gasteiger partial charge in [-0.25, -0.2) is 0 Å². The Balaban J connectivity index is 1.75. The highest BCUT2D eigenvalue weighted by molar-refractivity contribution is 5.76. The molecular formula is C57H111NO13. The van der Waals surface area contributed by atoms with Crippen LogP contribution in [-0.2, 0) is 23.7 Å². The Morgan fingerprint density at radius 1 is 0.451 bits per heavy atom. The van der Waals surface area contributed by atoms with Crippen molar-refractivity contribution in [2.75, 3.05) is 19.8 Å². The minimum atomic E-state index is -1.78. The summed E-state index contributed by atoms with van der Waals surface area (Å²) in [4.78, 5) is 13.3. The van der Waals surface area contributed by atoms with E-state index in [-0.39, 0.29) is 12.5 Å². The summed E-state index contributed by atoms with van der Waals surface area (Å²) in [6.45, 7) is 2.90. The number of unbranched alkanes of at least 4 members (excludes halogenated alkanes) is 35. The lowest BCUT2D eigenvalue weighted by Gasteiger charge is -2.46. The molecule has 14 nitrogen and oxygen atoms in total. The van der Waals surface area contributed by atoms with Crippen molar-refractivity contribution in [1.82, 2.24) is 5.32 Å². The molecule has 0 spiro atoms. The monoisotopic (exact) mass is 1020 g/mol. The van der Waals surface area contributed by atoms with Crippen molar-refractivity contribution in [2.24, 2.45) is 0 Å². The van der Waals surface area contributed by atoms with Crippen molar-refractivity contribution >= 4 is 5.91 Å². The number of aliphatic hydroxyl groups excluding tert-OH is 8. The second-order valence-corrected chi connectivity index (χ2v) is 21.5. The number of ether oxygens (including phenoxy) is 4. The molecule has 0 bridgehead atoms. The van der Waals surface area contributed by atoms with Gasteiger partial charge in [-0.15, -0.1) is 0 Å². The fraction of sp³-hybridized carbons (Fsp3) is 0.982. The van der Waals surface area contributed by atoms with E-state index in [1.165, 1.54) is 186 Å². The molecule has 0 saturated carbocycles. The van der Waals surface area contributed by atoms with Crippen LogP contribution in [0.3, 0.4) is 0 Å². The van der Waals surface area contributed by atoms with E-state index in [2.05, 4.69) is 19.2 Å². The summed E-state index contributed by atoms with van der Waals surface area (Å²) in [7, 11) is 0. The second-order valence-electron chi connectivity index (χ2n) is 21.5. The van der Waals surface area contributed by atoms with Crippen LogP contribution in [0.1, 0.15) is 264 Å². The molecule has 0 aliphatic carbocycles. The van der Waals surface area contributed by atoms with E-state index in [4.69, 9.17) is 18.9 Å². The van der Waals surface area contributed by atoms with Crippen molar-refractivity contribution < 1.29 is 64.6 Å². The van der Waals surface area contributed by atoms with Gasteiger partial charge in [0.05, 0.1) is 32.0 Å². The molecule has 0 aromatic rings. The second kappa shape index (κ2) is 44.2. The standard InChI is InChI=1S/C57H111NO13/c1-3-5-7-9-11-13-15-17-19-21-22-23-24-25-26-28-30-32-34-36-38-40-46(61)45(58-49(62)41-39-37-35-33-31-29-27-20-18-16-14-12-10-8-6-4-2)44-68-56-54(67)52(65)55(48(43-60)70-56)71-57-53(66)51(64)50(63)47(42-59)69-57/h45-48,50-57,59-61,63-67H,3-44H2,1-2H3,(H,58,62). The first kappa shape index (κ1) is 66.1. The van der Waals surface area contributed by atoms with Gasteiger partial charge < -0.3 is 65.1 Å². The summed E-state index contributed by atoms with van der Waals surface area (Å²) in [6.07, 6.45) is 31.0. The summed E-state index contributed by atoms with van der Waals surface area (Å²) >= 11 is 0. The molecular weight excluding hydrogens is 907 g/mol. The van der Waals surface area contributed by atoms with Gasteiger partial charge in [-0.2, -0.15) is 0 Å². The summed E-state index contributed by atoms with van der Waals surface area (Å²) < 4.78 is 22.8. The Morgan fingerprint density at radius 3 is 1.20 bits per heavy atom. The predicted molar refractivity (Wildman–Crippen MR) is 282 cm³/mol. The average Bonchev–Trinajstić information content (AvgIpc) is 3.37. The maximum Gasteiger partial charge on any atom is 0.220 e. The molecule has 2 rings (SSSR count). The molecule has 12 atom stereocenters. The Hall–Kier alpha value is -1.01. The molecule has 12 unspecified atom stereocenters. The minimum absolute atomic E-state index is 0.201. The van der Waals surface area contributed by atoms with Crippen LogP contribution in [0, 0.1) is 0 Å². The van der Waals surface area contributed by atoms with E-state index in [9.17, 15) is 45.6 Å². The topological polar surface area (TPSA) is 228 Å². The third-order valence-corrected chi connectivity index (χ3v) is 15.1. The molecule has 2 fully saturated rings. The van der Waals surface area contributed by atoms with Crippen LogP contribution in [0.5, 0.6) is 0 Å². The van der Waals surface area contributed by atoms with E-state index < -0.39 is 86.8 Å². The summed E-state index contributed by atoms with van der Waals surface area (Å²) in [5.41, 5.74) is 0. The van der Waals surface area contributed by atoms with Crippen LogP contribution in [0.4, 0.5) is 0 Å². The van der Waals surface area contributed by atoms with Crippen molar-refractivity contribution in [3.63, 3.8) is 0 Å². The number of nitrogens with one attached hydrogen (secondary N) is 1. The minimum Gasteiger partial charge on any atom is -0.394 e. The fourth-order valence-electron chi connectivity index (χ4n) is 10.2. The highest BCUT2D eigenvalue weighted by atomic mass is 16.7. The van der Waals surface area contributed by atoms with Gasteiger partial charge in [-0.05, 0) is 12.8 Å². The molecule has 2 aliphatic heterocycles. The number of hydrogen-bond acceptors (Lipinski definition) is 13. The summed E-state index contributed by atoms with van der Waals surface area (Å²) in [6, 6.07) is -0.822. The molecule has 0 aromatic carbocycles. The van der Waals surface area contributed by atoms with Gasteiger partial charge in [0, 0.05) is 6.42 Å². The van der Waals surface area contributed by atoms with Gasteiger partial charge in [0.15, 0.2) is 12.6 Å². The highest BCUT2D eigenvalue weighted by Gasteiger charge is 2.51. The molecule has 71 heavy (non-hydrogen) atoms. The van der Waals surface area contributed by atoms with Crippen LogP contribution in [0.25, 0.3) is 0 Å². The van der Waals surface area contributed by atoms with Gasteiger partial charge >= 0.3 is 0 Å². The lowest BCUT2D eigenvalue weighted by Crippen LogP contribution is -2.65. The van der Waals surface area contributed by atoms with E-state index in [1.54, 1.807) is 0 Å². The Morgan fingerprint density at radius 2 is 0.803 bits per heavy atom. The van der Waals surface area contributed by atoms with Crippen molar-refractivity contribution in [2.45, 2.75) is 338 Å². The zero-order valence-electron chi connectivity index (χ0n) is 45.2. The van der Waals surface area contributed by atoms with Gasteiger partial charge in [0.25, 0.3) is 0 Å². The van der Waals surface area contributed by atoms with E-state index in [1.807, 2.05) is 0 Å². The maximum atomic E-state index is 13.3. The molecule has 2 aliphatic rings. The molecule has 0 radical (unpaired) electrons. The highest BCUT2D eigenvalue weighted by Crippen LogP contribution is 2.30. The SMILES string of the molecule is CCCCCCCCCCCCCCCCCCCCCCCC(O)C(COC1OC(CO)C(OC2OC(CO)C(O)C(O)C2O)C(O)C1O)NC(=O)CCCCCCCCCCCCCCCCCC. The van der Waals surface area contributed by atoms with Crippen LogP contribution in [-0.4, -0.2) is 140 Å². The summed E-state index contributed by atoms with van der Waals surface area (Å²) in [5.74, 6) is -0.201. The Bertz CT molecular complexity index is 1200. The zero-order chi connectivity index (χ0) is 51.7. The number of hydrogen-bond donors (Lipinski definition) is 9. The number of carbonyl (C=O) groups is 1. The first-order valence-corrected chi connectivity index (χ1v) is 29.8. The first-order chi connectivity index (χ1) is 34.6.